The van der Waals surface area contributed by atoms with Crippen LogP contribution in [0.3, 0.4) is 0 Å². The third-order valence-corrected chi connectivity index (χ3v) is 6.61. The first kappa shape index (κ1) is 22.6. The molecule has 2 aromatic rings. The molecule has 2 aliphatic heterocycles. The second-order valence-corrected chi connectivity index (χ2v) is 8.98. The quantitative estimate of drug-likeness (QED) is 0.520. The number of hydrogen-bond donors (Lipinski definition) is 1. The maximum Gasteiger partial charge on any atom is 0.334 e. The maximum absolute atomic E-state index is 11.7. The van der Waals surface area contributed by atoms with Crippen molar-refractivity contribution >= 4 is 12.0 Å². The van der Waals surface area contributed by atoms with Crippen LogP contribution in [0, 0.1) is 13.8 Å². The van der Waals surface area contributed by atoms with E-state index < -0.39 is 6.10 Å². The third-order valence-electron chi connectivity index (χ3n) is 6.61. The molecule has 5 nitrogen and oxygen atoms in total. The predicted molar refractivity (Wildman–Crippen MR) is 126 cm³/mol. The van der Waals surface area contributed by atoms with Gasteiger partial charge in [0.1, 0.15) is 18.5 Å². The van der Waals surface area contributed by atoms with E-state index >= 15 is 0 Å². The maximum atomic E-state index is 11.7. The lowest BCUT2D eigenvalue weighted by Crippen LogP contribution is -2.40. The van der Waals surface area contributed by atoms with Gasteiger partial charge in [-0.2, -0.15) is 0 Å². The molecule has 32 heavy (non-hydrogen) atoms. The molecule has 1 unspecified atom stereocenters. The van der Waals surface area contributed by atoms with Crippen molar-refractivity contribution in [2.24, 2.45) is 0 Å². The fraction of sp³-hybridized carbons (Fsp3) is 0.444. The molecule has 0 amide bonds. The van der Waals surface area contributed by atoms with Crippen LogP contribution >= 0.6 is 0 Å². The van der Waals surface area contributed by atoms with Gasteiger partial charge in [-0.25, -0.2) is 4.79 Å². The minimum Gasteiger partial charge on any atom is -0.490 e. The Morgan fingerprint density at radius 2 is 1.94 bits per heavy atom. The summed E-state index contributed by atoms with van der Waals surface area (Å²) in [5.74, 6) is 1.01. The summed E-state index contributed by atoms with van der Waals surface area (Å²) in [6, 6.07) is 14.4. The molecule has 0 spiro atoms. The summed E-state index contributed by atoms with van der Waals surface area (Å²) in [6.45, 7) is 7.57. The van der Waals surface area contributed by atoms with Gasteiger partial charge in [-0.3, -0.25) is 0 Å². The van der Waals surface area contributed by atoms with E-state index in [1.54, 1.807) is 0 Å². The summed E-state index contributed by atoms with van der Waals surface area (Å²) in [5.41, 5.74) is 5.64. The number of para-hydroxylation sites is 1. The Balaban J connectivity index is 1.27. The zero-order valence-corrected chi connectivity index (χ0v) is 19.0. The number of aliphatic hydroxyl groups excluding tert-OH is 1. The summed E-state index contributed by atoms with van der Waals surface area (Å²) in [6.07, 6.45) is 4.11. The van der Waals surface area contributed by atoms with Crippen molar-refractivity contribution in [3.05, 3.63) is 70.3 Å². The first-order valence-corrected chi connectivity index (χ1v) is 11.6. The topological polar surface area (TPSA) is 59.0 Å². The molecule has 0 saturated carbocycles. The van der Waals surface area contributed by atoms with Gasteiger partial charge in [-0.1, -0.05) is 36.4 Å². The molecule has 2 aliphatic rings. The van der Waals surface area contributed by atoms with Gasteiger partial charge < -0.3 is 19.5 Å². The lowest BCUT2D eigenvalue weighted by atomic mass is 9.88. The molecule has 2 heterocycles. The Hall–Kier alpha value is -2.63. The average Bonchev–Trinajstić information content (AvgIpc) is 3.20. The fourth-order valence-electron chi connectivity index (χ4n) is 4.50. The highest BCUT2D eigenvalue weighted by atomic mass is 16.5. The van der Waals surface area contributed by atoms with Crippen molar-refractivity contribution in [3.63, 3.8) is 0 Å². The summed E-state index contributed by atoms with van der Waals surface area (Å²) in [5, 5.41) is 10.6. The Kier molecular flexibility index (Phi) is 7.28. The number of benzene rings is 2. The van der Waals surface area contributed by atoms with E-state index in [1.807, 2.05) is 30.3 Å². The van der Waals surface area contributed by atoms with E-state index in [0.29, 0.717) is 36.8 Å². The van der Waals surface area contributed by atoms with Crippen LogP contribution in [0.15, 0.2) is 48.0 Å². The number of aliphatic hydroxyl groups is 1. The van der Waals surface area contributed by atoms with Gasteiger partial charge in [0.25, 0.3) is 0 Å². The van der Waals surface area contributed by atoms with E-state index in [-0.39, 0.29) is 12.6 Å². The molecule has 2 fully saturated rings. The minimum atomic E-state index is -0.565. The monoisotopic (exact) mass is 435 g/mol. The number of cyclic esters (lactones) is 1. The lowest BCUT2D eigenvalue weighted by Gasteiger charge is -2.33. The second kappa shape index (κ2) is 10.3. The van der Waals surface area contributed by atoms with Crippen LogP contribution in [-0.2, 0) is 9.53 Å². The summed E-state index contributed by atoms with van der Waals surface area (Å²) >= 11 is 0. The van der Waals surface area contributed by atoms with Gasteiger partial charge >= 0.3 is 5.97 Å². The van der Waals surface area contributed by atoms with E-state index in [4.69, 9.17) is 9.47 Å². The highest BCUT2D eigenvalue weighted by Crippen LogP contribution is 2.29. The number of rotatable bonds is 7. The van der Waals surface area contributed by atoms with Crippen molar-refractivity contribution in [1.29, 1.82) is 0 Å². The number of hydrogen-bond acceptors (Lipinski definition) is 5. The zero-order chi connectivity index (χ0) is 22.5. The van der Waals surface area contributed by atoms with Crippen LogP contribution in [0.25, 0.3) is 6.08 Å². The molecule has 1 atom stereocenters. The van der Waals surface area contributed by atoms with E-state index in [9.17, 15) is 9.90 Å². The van der Waals surface area contributed by atoms with Gasteiger partial charge in [-0.15, -0.1) is 0 Å². The molecule has 0 aliphatic carbocycles. The molecule has 170 valence electrons. The van der Waals surface area contributed by atoms with Crippen LogP contribution in [0.1, 0.15) is 47.4 Å². The zero-order valence-electron chi connectivity index (χ0n) is 19.0. The summed E-state index contributed by atoms with van der Waals surface area (Å²) < 4.78 is 10.9. The van der Waals surface area contributed by atoms with Gasteiger partial charge in [-0.05, 0) is 74.5 Å². The Labute approximate surface area is 190 Å². The van der Waals surface area contributed by atoms with Gasteiger partial charge in [0, 0.05) is 24.1 Å². The molecular formula is C27H33NO4. The van der Waals surface area contributed by atoms with Gasteiger partial charge in [0.2, 0.25) is 0 Å². The fourth-order valence-corrected chi connectivity index (χ4v) is 4.50. The molecule has 0 aromatic heterocycles. The number of esters is 1. The van der Waals surface area contributed by atoms with Gasteiger partial charge in [0.15, 0.2) is 0 Å². The first-order valence-electron chi connectivity index (χ1n) is 11.6. The minimum absolute atomic E-state index is 0.224. The molecule has 0 bridgehead atoms. The molecule has 0 radical (unpaired) electrons. The SMILES string of the molecule is Cc1ccc(C2CCN(CC(O)COc3ccccc3C=C3CCOC3=O)CC2)cc1C. The van der Waals surface area contributed by atoms with E-state index in [1.165, 1.54) is 16.7 Å². The number of carbonyl (C=O) groups excluding carboxylic acids is 1. The number of aryl methyl sites for hydroxylation is 2. The van der Waals surface area contributed by atoms with Crippen LogP contribution in [-0.4, -0.2) is 54.9 Å². The Morgan fingerprint density at radius 1 is 1.16 bits per heavy atom. The molecule has 2 saturated heterocycles. The standard InChI is InChI=1S/C27H33NO4/c1-19-7-8-22(15-20(19)2)21-9-12-28(13-10-21)17-25(29)18-32-26-6-4-3-5-23(26)16-24-11-14-31-27(24)30/h3-8,15-16,21,25,29H,9-14,17-18H2,1-2H3. The smallest absolute Gasteiger partial charge is 0.334 e. The van der Waals surface area contributed by atoms with Crippen molar-refractivity contribution in [3.8, 4) is 5.75 Å². The number of β-amino-alcohol motifs (C(OH)–C–C–N with tert-alkyl or cyclic N) is 1. The summed E-state index contributed by atoms with van der Waals surface area (Å²) in [4.78, 5) is 14.1. The number of piperidine rings is 1. The normalized spacial score (nSPS) is 19.8. The highest BCUT2D eigenvalue weighted by molar-refractivity contribution is 5.95. The van der Waals surface area contributed by atoms with Crippen LogP contribution in [0.2, 0.25) is 0 Å². The Morgan fingerprint density at radius 3 is 2.66 bits per heavy atom. The largest absolute Gasteiger partial charge is 0.490 e. The lowest BCUT2D eigenvalue weighted by molar-refractivity contribution is -0.134. The molecular weight excluding hydrogens is 402 g/mol. The van der Waals surface area contributed by atoms with Gasteiger partial charge in [0.05, 0.1) is 6.61 Å². The van der Waals surface area contributed by atoms with Crippen molar-refractivity contribution in [2.45, 2.75) is 45.1 Å². The third kappa shape index (κ3) is 5.59. The van der Waals surface area contributed by atoms with Crippen molar-refractivity contribution in [1.82, 2.24) is 4.90 Å². The van der Waals surface area contributed by atoms with Crippen LogP contribution < -0.4 is 4.74 Å². The number of carbonyl (C=O) groups is 1. The number of likely N-dealkylation sites (tertiary alicyclic amines) is 1. The van der Waals surface area contributed by atoms with Crippen LogP contribution in [0.5, 0.6) is 5.75 Å². The number of nitrogens with zero attached hydrogens (tertiary/aromatic N) is 1. The molecule has 1 N–H and O–H groups in total. The predicted octanol–water partition coefficient (Wildman–Crippen LogP) is 4.25. The van der Waals surface area contributed by atoms with Crippen molar-refractivity contribution < 1.29 is 19.4 Å². The Bertz CT molecular complexity index is 975. The summed E-state index contributed by atoms with van der Waals surface area (Å²) in [7, 11) is 0. The molecule has 4 rings (SSSR count). The van der Waals surface area contributed by atoms with Crippen LogP contribution in [0.4, 0.5) is 0 Å². The first-order chi connectivity index (χ1) is 15.5. The highest BCUT2D eigenvalue weighted by Gasteiger charge is 2.23. The second-order valence-electron chi connectivity index (χ2n) is 8.98. The van der Waals surface area contributed by atoms with E-state index in [2.05, 4.69) is 36.9 Å². The molecule has 2 aromatic carbocycles. The average molecular weight is 436 g/mol. The van der Waals surface area contributed by atoms with E-state index in [0.717, 1.165) is 31.5 Å². The number of ether oxygens (including phenoxy) is 2. The van der Waals surface area contributed by atoms with Crippen molar-refractivity contribution in [2.75, 3.05) is 32.8 Å². The molecule has 5 heteroatoms.